The number of carbonyl (C=O) groups is 2. The minimum Gasteiger partial charge on any atom is -0.458 e. The summed E-state index contributed by atoms with van der Waals surface area (Å²) in [7, 11) is 0. The zero-order valence-electron chi connectivity index (χ0n) is 17.5. The van der Waals surface area contributed by atoms with Crippen LogP contribution in [-0.4, -0.2) is 24.1 Å². The number of esters is 1. The highest BCUT2D eigenvalue weighted by molar-refractivity contribution is 6.22. The Balaban J connectivity index is 2.03. The second kappa shape index (κ2) is 9.05. The zero-order valence-corrected chi connectivity index (χ0v) is 17.5. The van der Waals surface area contributed by atoms with Gasteiger partial charge in [-0.25, -0.2) is 0 Å². The quantitative estimate of drug-likeness (QED) is 0.555. The molecule has 0 fully saturated rings. The molecule has 0 amide bonds. The number of aryl methyl sites for hydroxylation is 2. The van der Waals surface area contributed by atoms with Crippen molar-refractivity contribution in [2.45, 2.75) is 59.5 Å². The van der Waals surface area contributed by atoms with Crippen LogP contribution in [0.15, 0.2) is 35.0 Å². The van der Waals surface area contributed by atoms with Crippen LogP contribution < -0.4 is 0 Å². The van der Waals surface area contributed by atoms with Crippen LogP contribution in [-0.2, 0) is 14.3 Å². The lowest BCUT2D eigenvalue weighted by Gasteiger charge is -2.20. The first kappa shape index (κ1) is 20.8. The van der Waals surface area contributed by atoms with E-state index in [0.29, 0.717) is 18.4 Å². The number of ketones is 1. The molecule has 2 aliphatic rings. The number of benzene rings is 1. The Labute approximate surface area is 172 Å². The van der Waals surface area contributed by atoms with Crippen molar-refractivity contribution in [2.75, 3.05) is 0 Å². The van der Waals surface area contributed by atoms with Crippen LogP contribution in [0.1, 0.15) is 61.8 Å². The van der Waals surface area contributed by atoms with Gasteiger partial charge in [-0.1, -0.05) is 12.0 Å². The number of allylic oxidation sites excluding steroid dienone is 3. The van der Waals surface area contributed by atoms with Gasteiger partial charge in [-0.15, -0.1) is 5.92 Å². The molecule has 0 N–H and O–H groups in total. The number of nitrogens with zero attached hydrogens (tertiary/aromatic N) is 1. The van der Waals surface area contributed by atoms with Gasteiger partial charge in [0.1, 0.15) is 6.10 Å². The molecule has 0 aromatic heterocycles. The van der Waals surface area contributed by atoms with Crippen LogP contribution in [0.25, 0.3) is 5.57 Å². The molecule has 1 aliphatic heterocycles. The minimum absolute atomic E-state index is 0.0528. The molecule has 4 nitrogen and oxygen atoms in total. The molecule has 0 saturated carbocycles. The van der Waals surface area contributed by atoms with E-state index < -0.39 is 6.10 Å². The van der Waals surface area contributed by atoms with Gasteiger partial charge in [0.05, 0.1) is 0 Å². The maximum absolute atomic E-state index is 13.3. The van der Waals surface area contributed by atoms with Crippen molar-refractivity contribution < 1.29 is 14.3 Å². The SMILES string of the molecule is CC#Cc1cc(C)c(C2=CC(OC(C)=O)CC(C3=CCCC=N3)CC2=O)c(C)c1. The first-order chi connectivity index (χ1) is 13.9. The Morgan fingerprint density at radius 3 is 2.52 bits per heavy atom. The average Bonchev–Trinajstić information content (AvgIpc) is 2.81. The molecule has 1 aromatic rings. The summed E-state index contributed by atoms with van der Waals surface area (Å²) >= 11 is 0. The summed E-state index contributed by atoms with van der Waals surface area (Å²) in [5.74, 6) is 5.66. The summed E-state index contributed by atoms with van der Waals surface area (Å²) in [6, 6.07) is 4.01. The van der Waals surface area contributed by atoms with Crippen LogP contribution in [0.3, 0.4) is 0 Å². The number of ether oxygens (including phenoxy) is 1. The van der Waals surface area contributed by atoms with E-state index in [1.165, 1.54) is 6.92 Å². The van der Waals surface area contributed by atoms with Crippen molar-refractivity contribution >= 4 is 23.5 Å². The fourth-order valence-corrected chi connectivity index (χ4v) is 4.19. The fraction of sp³-hybridized carbons (Fsp3) is 0.400. The smallest absolute Gasteiger partial charge is 0.303 e. The van der Waals surface area contributed by atoms with E-state index in [9.17, 15) is 9.59 Å². The van der Waals surface area contributed by atoms with E-state index in [-0.39, 0.29) is 17.7 Å². The lowest BCUT2D eigenvalue weighted by atomic mass is 9.88. The number of carbonyl (C=O) groups excluding carboxylic acids is 2. The van der Waals surface area contributed by atoms with Crippen molar-refractivity contribution in [2.24, 2.45) is 10.9 Å². The van der Waals surface area contributed by atoms with Gasteiger partial charge >= 0.3 is 5.97 Å². The fourth-order valence-electron chi connectivity index (χ4n) is 4.19. The number of Topliss-reactive ketones (excluding diaryl/α,β-unsaturated/α-hetero) is 1. The normalized spacial score (nSPS) is 21.4. The van der Waals surface area contributed by atoms with Crippen molar-refractivity contribution in [1.29, 1.82) is 0 Å². The van der Waals surface area contributed by atoms with Gasteiger partial charge in [-0.05, 0) is 74.9 Å². The average molecular weight is 389 g/mol. The highest BCUT2D eigenvalue weighted by atomic mass is 16.5. The summed E-state index contributed by atoms with van der Waals surface area (Å²) in [5.41, 5.74) is 5.40. The second-order valence-corrected chi connectivity index (χ2v) is 7.67. The summed E-state index contributed by atoms with van der Waals surface area (Å²) in [6.45, 7) is 7.20. The van der Waals surface area contributed by atoms with E-state index >= 15 is 0 Å². The topological polar surface area (TPSA) is 55.7 Å². The number of hydrogen-bond acceptors (Lipinski definition) is 4. The van der Waals surface area contributed by atoms with Crippen molar-refractivity contribution in [3.05, 3.63) is 52.2 Å². The van der Waals surface area contributed by atoms with Crippen LogP contribution in [0, 0.1) is 31.6 Å². The third-order valence-electron chi connectivity index (χ3n) is 5.30. The monoisotopic (exact) mass is 389 g/mol. The number of hydrogen-bond donors (Lipinski definition) is 0. The lowest BCUT2D eigenvalue weighted by Crippen LogP contribution is -2.18. The largest absolute Gasteiger partial charge is 0.458 e. The third kappa shape index (κ3) is 4.92. The molecule has 1 aliphatic carbocycles. The van der Waals surface area contributed by atoms with Gasteiger partial charge in [0, 0.05) is 42.3 Å². The summed E-state index contributed by atoms with van der Waals surface area (Å²) < 4.78 is 5.57. The molecule has 0 radical (unpaired) electrons. The summed E-state index contributed by atoms with van der Waals surface area (Å²) in [6.07, 6.45) is 8.16. The van der Waals surface area contributed by atoms with Crippen LogP contribution in [0.2, 0.25) is 0 Å². The molecular formula is C25H27NO3. The number of aliphatic imine (C=N–C) groups is 1. The molecule has 29 heavy (non-hydrogen) atoms. The molecule has 0 spiro atoms. The minimum atomic E-state index is -0.453. The van der Waals surface area contributed by atoms with E-state index in [0.717, 1.165) is 40.8 Å². The van der Waals surface area contributed by atoms with E-state index in [1.54, 1.807) is 0 Å². The summed E-state index contributed by atoms with van der Waals surface area (Å²) in [5, 5.41) is 0. The second-order valence-electron chi connectivity index (χ2n) is 7.67. The Morgan fingerprint density at radius 2 is 1.93 bits per heavy atom. The Bertz CT molecular complexity index is 962. The highest BCUT2D eigenvalue weighted by Crippen LogP contribution is 2.35. The van der Waals surface area contributed by atoms with Crippen molar-refractivity contribution in [3.63, 3.8) is 0 Å². The predicted octanol–water partition coefficient (Wildman–Crippen LogP) is 4.72. The van der Waals surface area contributed by atoms with Gasteiger partial charge in [0.15, 0.2) is 5.78 Å². The molecule has 1 heterocycles. The van der Waals surface area contributed by atoms with Crippen LogP contribution in [0.5, 0.6) is 0 Å². The van der Waals surface area contributed by atoms with E-state index in [1.807, 2.05) is 45.2 Å². The standard InChI is InChI=1S/C25H27NO3/c1-5-8-19-11-16(2)25(17(3)12-19)22-15-21(29-18(4)27)13-20(14-24(22)28)23-9-6-7-10-26-23/h9-12,15,20-21H,6-7,13-14H2,1-4H3. The molecule has 150 valence electrons. The molecule has 0 bridgehead atoms. The zero-order chi connectivity index (χ0) is 21.0. The maximum atomic E-state index is 13.3. The van der Waals surface area contributed by atoms with Gasteiger partial charge in [-0.3, -0.25) is 14.6 Å². The Hall–Kier alpha value is -2.93. The lowest BCUT2D eigenvalue weighted by molar-refractivity contribution is -0.144. The van der Waals surface area contributed by atoms with Gasteiger partial charge in [-0.2, -0.15) is 0 Å². The highest BCUT2D eigenvalue weighted by Gasteiger charge is 2.31. The van der Waals surface area contributed by atoms with Crippen LogP contribution in [0.4, 0.5) is 0 Å². The Morgan fingerprint density at radius 1 is 1.21 bits per heavy atom. The predicted molar refractivity (Wildman–Crippen MR) is 116 cm³/mol. The molecule has 2 unspecified atom stereocenters. The first-order valence-corrected chi connectivity index (χ1v) is 10.1. The van der Waals surface area contributed by atoms with E-state index in [4.69, 9.17) is 4.74 Å². The summed E-state index contributed by atoms with van der Waals surface area (Å²) in [4.78, 5) is 29.5. The Kier molecular flexibility index (Phi) is 6.49. The molecular weight excluding hydrogens is 362 g/mol. The molecule has 0 saturated heterocycles. The molecule has 4 heteroatoms. The van der Waals surface area contributed by atoms with Crippen molar-refractivity contribution in [1.82, 2.24) is 0 Å². The molecule has 1 aromatic carbocycles. The van der Waals surface area contributed by atoms with Gasteiger partial charge in [0.2, 0.25) is 0 Å². The van der Waals surface area contributed by atoms with Gasteiger partial charge < -0.3 is 4.74 Å². The number of rotatable bonds is 3. The van der Waals surface area contributed by atoms with Crippen LogP contribution >= 0.6 is 0 Å². The molecule has 2 atom stereocenters. The first-order valence-electron chi connectivity index (χ1n) is 10.1. The van der Waals surface area contributed by atoms with Crippen molar-refractivity contribution in [3.8, 4) is 11.8 Å². The van der Waals surface area contributed by atoms with E-state index in [2.05, 4.69) is 22.9 Å². The van der Waals surface area contributed by atoms with Gasteiger partial charge in [0.25, 0.3) is 0 Å². The third-order valence-corrected chi connectivity index (χ3v) is 5.30. The maximum Gasteiger partial charge on any atom is 0.303 e. The molecule has 3 rings (SSSR count).